The molecule has 0 fully saturated rings. The monoisotopic (exact) mass is 389 g/mol. The van der Waals surface area contributed by atoms with E-state index in [-0.39, 0.29) is 15.6 Å². The summed E-state index contributed by atoms with van der Waals surface area (Å²) >= 11 is 0. The number of benzene rings is 2. The van der Waals surface area contributed by atoms with Crippen LogP contribution in [0.2, 0.25) is 0 Å². The Morgan fingerprint density at radius 3 is 1.96 bits per heavy atom. The third kappa shape index (κ3) is 3.38. The Bertz CT molecular complexity index is 1150. The number of fused-ring (bicyclic) bond motifs is 1. The number of anilines is 1. The molecule has 0 unspecified atom stereocenters. The maximum atomic E-state index is 13.0. The number of sulfonamides is 1. The summed E-state index contributed by atoms with van der Waals surface area (Å²) in [5, 5.41) is 0.168. The quantitative estimate of drug-likeness (QED) is 0.656. The molecular weight excluding hydrogens is 374 g/mol. The highest BCUT2D eigenvalue weighted by Gasteiger charge is 2.24. The lowest BCUT2D eigenvalue weighted by atomic mass is 10.3. The van der Waals surface area contributed by atoms with E-state index in [1.807, 2.05) is 0 Å². The van der Waals surface area contributed by atoms with E-state index >= 15 is 0 Å². The molecule has 140 valence electrons. The van der Waals surface area contributed by atoms with Crippen molar-refractivity contribution in [2.24, 2.45) is 9.98 Å². The van der Waals surface area contributed by atoms with Gasteiger partial charge in [0.1, 0.15) is 11.5 Å². The number of carbonyl (C=O) groups is 2. The van der Waals surface area contributed by atoms with Gasteiger partial charge in [0.25, 0.3) is 10.0 Å². The number of ether oxygens (including phenoxy) is 2. The van der Waals surface area contributed by atoms with Crippen LogP contribution in [-0.4, -0.2) is 41.5 Å². The van der Waals surface area contributed by atoms with Gasteiger partial charge in [-0.3, -0.25) is 13.9 Å². The fraction of sp³-hybridized carbons (Fsp3) is 0.176. The average Bonchev–Trinajstić information content (AvgIpc) is 2.67. The van der Waals surface area contributed by atoms with Gasteiger partial charge in [-0.1, -0.05) is 0 Å². The number of carbonyl (C=O) groups excluding carboxylic acids is 2. The van der Waals surface area contributed by atoms with Crippen molar-refractivity contribution in [3.63, 3.8) is 0 Å². The Kier molecular flexibility index (Phi) is 4.66. The van der Waals surface area contributed by atoms with Crippen LogP contribution in [0.3, 0.4) is 0 Å². The molecule has 0 N–H and O–H groups in total. The summed E-state index contributed by atoms with van der Waals surface area (Å²) in [6, 6.07) is 8.53. The van der Waals surface area contributed by atoms with Gasteiger partial charge in [0, 0.05) is 25.2 Å². The van der Waals surface area contributed by atoms with E-state index in [4.69, 9.17) is 9.47 Å². The first-order valence-electron chi connectivity index (χ1n) is 7.64. The topological polar surface area (TPSA) is 115 Å². The maximum Gasteiger partial charge on any atom is 0.338 e. The molecule has 3 rings (SSSR count). The minimum atomic E-state index is -3.98. The smallest absolute Gasteiger partial charge is 0.338 e. The molecular formula is C17H15N3O6S. The summed E-state index contributed by atoms with van der Waals surface area (Å²) in [7, 11) is 0.308. The molecule has 1 aliphatic rings. The lowest BCUT2D eigenvalue weighted by molar-refractivity contribution is -0.135. The largest absolute Gasteiger partial charge is 0.497 e. The van der Waals surface area contributed by atoms with Crippen molar-refractivity contribution in [1.82, 2.24) is 0 Å². The molecule has 2 aromatic rings. The molecule has 1 aliphatic heterocycles. The zero-order valence-electron chi connectivity index (χ0n) is 14.7. The van der Waals surface area contributed by atoms with Gasteiger partial charge in [0.2, 0.25) is 0 Å². The molecule has 0 atom stereocenters. The zero-order chi connectivity index (χ0) is 19.8. The maximum absolute atomic E-state index is 13.0. The van der Waals surface area contributed by atoms with Crippen LogP contribution in [0, 0.1) is 0 Å². The number of rotatable bonds is 5. The second-order valence-corrected chi connectivity index (χ2v) is 7.50. The minimum absolute atomic E-state index is 0.0253. The fourth-order valence-corrected chi connectivity index (χ4v) is 3.63. The molecule has 9 nitrogen and oxygen atoms in total. The molecule has 0 saturated heterocycles. The van der Waals surface area contributed by atoms with Crippen LogP contribution in [0.5, 0.6) is 11.5 Å². The Morgan fingerprint density at radius 1 is 0.852 bits per heavy atom. The number of hydrogen-bond donors (Lipinski definition) is 0. The van der Waals surface area contributed by atoms with Gasteiger partial charge in [-0.15, -0.1) is 0 Å². The van der Waals surface area contributed by atoms with Gasteiger partial charge in [-0.05, 0) is 18.2 Å². The standard InChI is InChI=1S/C17H15N3O6S/c1-20(10-6-11(25-2)8-12(7-10)26-3)27(23,24)13-4-5-14-15(9-13)19-17(22)16(21)18-14/h4-9H,1-3H3. The van der Waals surface area contributed by atoms with Crippen molar-refractivity contribution in [2.75, 3.05) is 25.6 Å². The van der Waals surface area contributed by atoms with Crippen molar-refractivity contribution >= 4 is 27.5 Å². The molecule has 0 aliphatic carbocycles. The van der Waals surface area contributed by atoms with Crippen LogP contribution in [0.1, 0.15) is 0 Å². The van der Waals surface area contributed by atoms with Crippen molar-refractivity contribution in [1.29, 1.82) is 0 Å². The van der Waals surface area contributed by atoms with Crippen molar-refractivity contribution < 1.29 is 27.5 Å². The molecule has 0 saturated carbocycles. The molecule has 2 amide bonds. The van der Waals surface area contributed by atoms with E-state index in [1.54, 1.807) is 18.2 Å². The highest BCUT2D eigenvalue weighted by molar-refractivity contribution is 7.92. The van der Waals surface area contributed by atoms with Crippen LogP contribution in [0.4, 0.5) is 5.69 Å². The predicted octanol–water partition coefficient (Wildman–Crippen LogP) is -0.165. The summed E-state index contributed by atoms with van der Waals surface area (Å²) in [6.45, 7) is 0. The molecule has 0 radical (unpaired) electrons. The Labute approximate surface area is 154 Å². The number of amides is 2. The van der Waals surface area contributed by atoms with Crippen molar-refractivity contribution in [3.05, 3.63) is 47.1 Å². The van der Waals surface area contributed by atoms with Crippen LogP contribution in [-0.2, 0) is 19.6 Å². The minimum Gasteiger partial charge on any atom is -0.497 e. The van der Waals surface area contributed by atoms with Crippen molar-refractivity contribution in [3.8, 4) is 11.5 Å². The van der Waals surface area contributed by atoms with E-state index in [2.05, 4.69) is 9.98 Å². The second-order valence-electron chi connectivity index (χ2n) is 5.53. The summed E-state index contributed by atoms with van der Waals surface area (Å²) in [6.07, 6.45) is 0. The van der Waals surface area contributed by atoms with E-state index in [1.165, 1.54) is 39.5 Å². The third-order valence-corrected chi connectivity index (χ3v) is 5.71. The first-order valence-corrected chi connectivity index (χ1v) is 9.08. The van der Waals surface area contributed by atoms with Gasteiger partial charge >= 0.3 is 11.8 Å². The van der Waals surface area contributed by atoms with Gasteiger partial charge < -0.3 is 9.47 Å². The zero-order valence-corrected chi connectivity index (χ0v) is 15.5. The molecule has 1 heterocycles. The second kappa shape index (κ2) is 6.80. The van der Waals surface area contributed by atoms with Gasteiger partial charge in [0.05, 0.1) is 35.5 Å². The molecule has 0 spiro atoms. The van der Waals surface area contributed by atoms with Gasteiger partial charge in [-0.2, -0.15) is 0 Å². The summed E-state index contributed by atoms with van der Waals surface area (Å²) in [5.74, 6) is -1.17. The average molecular weight is 389 g/mol. The predicted molar refractivity (Wildman–Crippen MR) is 93.9 cm³/mol. The fourth-order valence-electron chi connectivity index (χ4n) is 2.43. The highest BCUT2D eigenvalue weighted by Crippen LogP contribution is 2.30. The van der Waals surface area contributed by atoms with Gasteiger partial charge in [0.15, 0.2) is 0 Å². The van der Waals surface area contributed by atoms with Crippen LogP contribution in [0.15, 0.2) is 51.3 Å². The number of methoxy groups -OCH3 is 2. The number of nitrogens with zero attached hydrogens (tertiary/aromatic N) is 3. The third-order valence-electron chi connectivity index (χ3n) is 3.93. The summed E-state index contributed by atoms with van der Waals surface area (Å²) in [4.78, 5) is 29.8. The van der Waals surface area contributed by atoms with Crippen LogP contribution in [0.25, 0.3) is 0 Å². The van der Waals surface area contributed by atoms with E-state index < -0.39 is 21.8 Å². The SMILES string of the molecule is COc1cc(OC)cc(N(C)S(=O)(=O)c2ccc3c(c2)=NC(=O)C(=O)N=3)c1. The molecule has 27 heavy (non-hydrogen) atoms. The molecule has 2 aromatic carbocycles. The first-order chi connectivity index (χ1) is 12.8. The van der Waals surface area contributed by atoms with E-state index in [9.17, 15) is 18.0 Å². The Balaban J connectivity index is 2.09. The van der Waals surface area contributed by atoms with E-state index in [0.717, 1.165) is 4.31 Å². The van der Waals surface area contributed by atoms with Crippen LogP contribution >= 0.6 is 0 Å². The molecule has 0 bridgehead atoms. The first kappa shape index (κ1) is 18.5. The van der Waals surface area contributed by atoms with E-state index in [0.29, 0.717) is 17.2 Å². The summed E-state index contributed by atoms with van der Waals surface area (Å²) in [5.41, 5.74) is 0.316. The van der Waals surface area contributed by atoms with Crippen LogP contribution < -0.4 is 24.5 Å². The van der Waals surface area contributed by atoms with Gasteiger partial charge in [-0.25, -0.2) is 18.4 Å². The Morgan fingerprint density at radius 2 is 1.41 bits per heavy atom. The normalized spacial score (nSPS) is 13.3. The highest BCUT2D eigenvalue weighted by atomic mass is 32.2. The lowest BCUT2D eigenvalue weighted by Crippen LogP contribution is -2.36. The van der Waals surface area contributed by atoms with Crippen molar-refractivity contribution in [2.45, 2.75) is 4.90 Å². The number of hydrogen-bond acceptors (Lipinski definition) is 6. The lowest BCUT2D eigenvalue weighted by Gasteiger charge is -2.21. The summed E-state index contributed by atoms with van der Waals surface area (Å²) < 4.78 is 37.3. The molecule has 0 aromatic heterocycles. The molecule has 10 heteroatoms. The Hall–Kier alpha value is -3.27.